The Morgan fingerprint density at radius 1 is 1.00 bits per heavy atom. The third-order valence-electron chi connectivity index (χ3n) is 2.19. The van der Waals surface area contributed by atoms with Crippen molar-refractivity contribution in [1.29, 1.82) is 0 Å². The Kier molecular flexibility index (Phi) is 3.92. The molecule has 66 valence electrons. The van der Waals surface area contributed by atoms with Gasteiger partial charge in [-0.05, 0) is 35.1 Å². The summed E-state index contributed by atoms with van der Waals surface area (Å²) in [6, 6.07) is 0. The van der Waals surface area contributed by atoms with E-state index in [1.807, 2.05) is 0 Å². The van der Waals surface area contributed by atoms with Gasteiger partial charge in [-0.25, -0.2) is 0 Å². The van der Waals surface area contributed by atoms with E-state index in [2.05, 4.69) is 40.8 Å². The maximum absolute atomic E-state index is 6.34. The molecule has 0 heterocycles. The Balaban J connectivity index is 4.44. The molecule has 1 atom stereocenters. The van der Waals surface area contributed by atoms with Crippen LogP contribution in [0.25, 0.3) is 0 Å². The van der Waals surface area contributed by atoms with Gasteiger partial charge in [-0.3, -0.25) is 0 Å². The van der Waals surface area contributed by atoms with Crippen molar-refractivity contribution >= 4 is 29.4 Å². The molecule has 0 spiro atoms. The molecule has 0 aliphatic rings. The van der Waals surface area contributed by atoms with Crippen LogP contribution in [0.1, 0.15) is 20.8 Å². The van der Waals surface area contributed by atoms with E-state index in [0.29, 0.717) is 0 Å². The van der Waals surface area contributed by atoms with Crippen LogP contribution in [0.3, 0.4) is 0 Å². The van der Waals surface area contributed by atoms with Crippen LogP contribution in [0.4, 0.5) is 0 Å². The first-order chi connectivity index (χ1) is 4.96. The van der Waals surface area contributed by atoms with Crippen LogP contribution < -0.4 is 0 Å². The van der Waals surface area contributed by atoms with Crippen LogP contribution >= 0.6 is 14.3 Å². The van der Waals surface area contributed by atoms with E-state index in [9.17, 15) is 0 Å². The molecule has 0 saturated heterocycles. The van der Waals surface area contributed by atoms with Crippen molar-refractivity contribution in [2.24, 2.45) is 0 Å². The molecule has 0 aliphatic carbocycles. The quantitative estimate of drug-likeness (QED) is 0.474. The first-order valence-corrected chi connectivity index (χ1v) is 9.64. The van der Waals surface area contributed by atoms with Gasteiger partial charge in [0.2, 0.25) is 0 Å². The maximum Gasteiger partial charge on any atom is 0.369 e. The smallest absolute Gasteiger partial charge is 0.0275 e. The molecule has 0 fully saturated rings. The molecule has 0 N–H and O–H groups in total. The van der Waals surface area contributed by atoms with Crippen LogP contribution in [0.2, 0.25) is 0 Å². The lowest BCUT2D eigenvalue weighted by molar-refractivity contribution is 0.783. The Labute approximate surface area is 81.7 Å². The molecule has 0 saturated carbocycles. The number of rotatable bonds is 2. The van der Waals surface area contributed by atoms with Crippen LogP contribution in [0.5, 0.6) is 0 Å². The highest BCUT2D eigenvalue weighted by Crippen LogP contribution is 2.71. The van der Waals surface area contributed by atoms with Crippen molar-refractivity contribution in [2.45, 2.75) is 25.9 Å². The zero-order valence-electron chi connectivity index (χ0n) is 9.26. The highest BCUT2D eigenvalue weighted by molar-refractivity contribution is 8.11. The van der Waals surface area contributed by atoms with E-state index in [0.717, 1.165) is 5.90 Å². The second-order valence-corrected chi connectivity index (χ2v) is 13.9. The third-order valence-corrected chi connectivity index (χ3v) is 10.5. The van der Waals surface area contributed by atoms with Crippen molar-refractivity contribution in [1.82, 2.24) is 0 Å². The normalized spacial score (nSPS) is 18.8. The zero-order valence-corrected chi connectivity index (χ0v) is 11.0. The van der Waals surface area contributed by atoms with Crippen molar-refractivity contribution in [3.8, 4) is 0 Å². The Hall–Kier alpha value is 0.990. The van der Waals surface area contributed by atoms with Gasteiger partial charge in [0, 0.05) is 20.0 Å². The summed E-state index contributed by atoms with van der Waals surface area (Å²) in [5.74, 6) is 1.06. The lowest BCUT2D eigenvalue weighted by atomic mass is 10.3. The summed E-state index contributed by atoms with van der Waals surface area (Å²) in [7, 11) is 9.88. The number of hydrogen-bond acceptors (Lipinski definition) is 0. The van der Waals surface area contributed by atoms with Crippen LogP contribution in [-0.4, -0.2) is 46.2 Å². The van der Waals surface area contributed by atoms with E-state index >= 15 is 0 Å². The third kappa shape index (κ3) is 4.29. The largest absolute Gasteiger partial charge is 0.369 e. The lowest BCUT2D eigenvalue weighted by Gasteiger charge is -2.34. The van der Waals surface area contributed by atoms with Gasteiger partial charge in [0.1, 0.15) is 5.90 Å². The number of hydrogen-bond donors (Lipinski definition) is 0. The second-order valence-electron chi connectivity index (χ2n) is 5.36. The maximum atomic E-state index is 6.34. The van der Waals surface area contributed by atoms with E-state index in [1.165, 1.54) is 0 Å². The van der Waals surface area contributed by atoms with Crippen molar-refractivity contribution in [2.75, 3.05) is 25.9 Å². The summed E-state index contributed by atoms with van der Waals surface area (Å²) in [5.41, 5.74) is 0. The van der Waals surface area contributed by atoms with Gasteiger partial charge in [0.15, 0.2) is 0 Å². The summed E-state index contributed by atoms with van der Waals surface area (Å²) in [5, 5.41) is 0.240. The molecule has 0 amide bonds. The molecule has 0 nitrogen and oxygen atoms in total. The van der Waals surface area contributed by atoms with Gasteiger partial charge in [-0.15, -0.1) is 0 Å². The van der Waals surface area contributed by atoms with Gasteiger partial charge in [0.25, 0.3) is 0 Å². The molecular formula is C8H20B2P2+2. The Bertz CT molecular complexity index is 153. The minimum Gasteiger partial charge on any atom is -0.0275 e. The fourth-order valence-corrected chi connectivity index (χ4v) is 8.72. The molecule has 0 rings (SSSR count). The van der Waals surface area contributed by atoms with Crippen LogP contribution in [-0.2, 0) is 0 Å². The van der Waals surface area contributed by atoms with Gasteiger partial charge < -0.3 is 0 Å². The molecule has 4 radical (unpaired) electrons. The van der Waals surface area contributed by atoms with Crippen molar-refractivity contribution in [3.05, 3.63) is 0 Å². The SMILES string of the molecule is [B][P+](C)(C)C[P+]([B])(C)C(C)(C)C. The molecule has 4 heteroatoms. The summed E-state index contributed by atoms with van der Waals surface area (Å²) in [6.45, 7) is 13.2. The molecule has 0 aromatic heterocycles. The Morgan fingerprint density at radius 2 is 1.33 bits per heavy atom. The van der Waals surface area contributed by atoms with E-state index in [1.54, 1.807) is 0 Å². The minimum atomic E-state index is -1.32. The minimum absolute atomic E-state index is 0.240. The van der Waals surface area contributed by atoms with Crippen LogP contribution in [0, 0.1) is 0 Å². The average Bonchev–Trinajstić information content (AvgIpc) is 1.52. The van der Waals surface area contributed by atoms with Gasteiger partial charge in [0.05, 0.1) is 5.16 Å². The lowest BCUT2D eigenvalue weighted by Crippen LogP contribution is -2.22. The monoisotopic (exact) mass is 200 g/mol. The second kappa shape index (κ2) is 3.62. The standard InChI is InChI=1S/C8H20B2P2/c1-8(2,3)12(6,10)7-11(4,5)9/h7H2,1-6H3/q+2. The average molecular weight is 200 g/mol. The van der Waals surface area contributed by atoms with Gasteiger partial charge >= 0.3 is 15.1 Å². The predicted molar refractivity (Wildman–Crippen MR) is 67.7 cm³/mol. The first kappa shape index (κ1) is 13.0. The molecule has 0 bridgehead atoms. The first-order valence-electron chi connectivity index (χ1n) is 4.21. The predicted octanol–water partition coefficient (Wildman–Crippen LogP) is 2.83. The van der Waals surface area contributed by atoms with Crippen LogP contribution in [0.15, 0.2) is 0 Å². The van der Waals surface area contributed by atoms with Crippen molar-refractivity contribution in [3.63, 3.8) is 0 Å². The summed E-state index contributed by atoms with van der Waals surface area (Å²) in [4.78, 5) is 0. The summed E-state index contributed by atoms with van der Waals surface area (Å²) in [6.07, 6.45) is 0. The Morgan fingerprint density at radius 3 is 1.42 bits per heavy atom. The molecule has 0 aromatic rings. The van der Waals surface area contributed by atoms with Gasteiger partial charge in [-0.2, -0.15) is 0 Å². The summed E-state index contributed by atoms with van der Waals surface area (Å²) >= 11 is 0. The van der Waals surface area contributed by atoms with Crippen molar-refractivity contribution < 1.29 is 0 Å². The molecule has 1 unspecified atom stereocenters. The molecule has 0 aromatic carbocycles. The molecule has 0 aliphatic heterocycles. The highest BCUT2D eigenvalue weighted by Gasteiger charge is 2.45. The molecule has 12 heavy (non-hydrogen) atoms. The molecular weight excluding hydrogens is 180 g/mol. The van der Waals surface area contributed by atoms with E-state index in [4.69, 9.17) is 15.1 Å². The fourth-order valence-electron chi connectivity index (χ4n) is 0.969. The zero-order chi connectivity index (χ0) is 10.2. The fraction of sp³-hybridized carbons (Fsp3) is 1.00. The van der Waals surface area contributed by atoms with Gasteiger partial charge in [-0.1, -0.05) is 0 Å². The topological polar surface area (TPSA) is 0 Å². The highest BCUT2D eigenvalue weighted by atomic mass is 31.2. The van der Waals surface area contributed by atoms with E-state index in [-0.39, 0.29) is 5.16 Å². The van der Waals surface area contributed by atoms with E-state index < -0.39 is 14.3 Å². The summed E-state index contributed by atoms with van der Waals surface area (Å²) < 4.78 is 0.